The summed E-state index contributed by atoms with van der Waals surface area (Å²) in [6, 6.07) is 1.78. The van der Waals surface area contributed by atoms with Gasteiger partial charge in [0.2, 0.25) is 0 Å². The van der Waals surface area contributed by atoms with Crippen LogP contribution in [0.1, 0.15) is 37.2 Å². The van der Waals surface area contributed by atoms with Gasteiger partial charge in [0.05, 0.1) is 46.4 Å². The molecule has 3 aromatic rings. The van der Waals surface area contributed by atoms with Crippen molar-refractivity contribution in [3.05, 3.63) is 29.8 Å². The number of carbonyl (C=O) groups excluding carboxylic acids is 2. The number of H-pyrrole nitrogens is 1. The molecule has 0 aliphatic carbocycles. The summed E-state index contributed by atoms with van der Waals surface area (Å²) in [5.74, 6) is -0.681. The average molecular weight is 396 g/mol. The fourth-order valence-electron chi connectivity index (χ4n) is 3.98. The summed E-state index contributed by atoms with van der Waals surface area (Å²) in [6.45, 7) is 4.51. The highest BCUT2D eigenvalue weighted by molar-refractivity contribution is 6.40. The SMILES string of the molecule is Cc1cc(C2CCC(C)CN2C(=O)C(=O)Nc2cnc(N)c3cn[nH]c23)n(C)n1. The van der Waals surface area contributed by atoms with Crippen molar-refractivity contribution in [2.24, 2.45) is 13.0 Å². The Bertz CT molecular complexity index is 1090. The highest BCUT2D eigenvalue weighted by Gasteiger charge is 2.36. The minimum absolute atomic E-state index is 0.188. The smallest absolute Gasteiger partial charge is 0.314 e. The largest absolute Gasteiger partial charge is 0.383 e. The van der Waals surface area contributed by atoms with Gasteiger partial charge in [-0.1, -0.05) is 6.92 Å². The Hall–Kier alpha value is -3.43. The van der Waals surface area contributed by atoms with E-state index in [1.54, 1.807) is 9.58 Å². The predicted octanol–water partition coefficient (Wildman–Crippen LogP) is 1.52. The molecule has 29 heavy (non-hydrogen) atoms. The topological polar surface area (TPSA) is 135 Å². The van der Waals surface area contributed by atoms with Crippen molar-refractivity contribution in [1.82, 2.24) is 29.9 Å². The van der Waals surface area contributed by atoms with E-state index in [9.17, 15) is 9.59 Å². The Morgan fingerprint density at radius 1 is 1.31 bits per heavy atom. The van der Waals surface area contributed by atoms with E-state index in [-0.39, 0.29) is 6.04 Å². The number of anilines is 2. The van der Waals surface area contributed by atoms with Crippen molar-refractivity contribution in [1.29, 1.82) is 0 Å². The highest BCUT2D eigenvalue weighted by Crippen LogP contribution is 2.34. The number of hydrogen-bond acceptors (Lipinski definition) is 6. The second-order valence-electron chi connectivity index (χ2n) is 7.66. The van der Waals surface area contributed by atoms with Gasteiger partial charge in [0.1, 0.15) is 5.82 Å². The lowest BCUT2D eigenvalue weighted by atomic mass is 9.92. The molecule has 10 nitrogen and oxygen atoms in total. The molecule has 2 unspecified atom stereocenters. The molecular formula is C19H24N8O2. The Labute approximate surface area is 167 Å². The van der Waals surface area contributed by atoms with Crippen molar-refractivity contribution in [3.8, 4) is 0 Å². The first-order valence-corrected chi connectivity index (χ1v) is 9.55. The number of carbonyl (C=O) groups is 2. The van der Waals surface area contributed by atoms with E-state index in [0.29, 0.717) is 34.9 Å². The number of likely N-dealkylation sites (tertiary alicyclic amines) is 1. The fraction of sp³-hybridized carbons (Fsp3) is 0.421. The second-order valence-corrected chi connectivity index (χ2v) is 7.66. The Morgan fingerprint density at radius 3 is 2.83 bits per heavy atom. The molecule has 1 saturated heterocycles. The summed E-state index contributed by atoms with van der Waals surface area (Å²) in [4.78, 5) is 31.6. The zero-order valence-electron chi connectivity index (χ0n) is 16.6. The number of nitrogens with zero attached hydrogens (tertiary/aromatic N) is 5. The van der Waals surface area contributed by atoms with Crippen molar-refractivity contribution >= 4 is 34.2 Å². The third-order valence-corrected chi connectivity index (χ3v) is 5.42. The van der Waals surface area contributed by atoms with Crippen molar-refractivity contribution in [3.63, 3.8) is 0 Å². The molecule has 0 bridgehead atoms. The fourth-order valence-corrected chi connectivity index (χ4v) is 3.98. The number of aromatic nitrogens is 5. The lowest BCUT2D eigenvalue weighted by Crippen LogP contribution is -2.47. The maximum Gasteiger partial charge on any atom is 0.314 e. The summed E-state index contributed by atoms with van der Waals surface area (Å²) in [5, 5.41) is 14.4. The maximum absolute atomic E-state index is 13.1. The number of amides is 2. The third-order valence-electron chi connectivity index (χ3n) is 5.42. The van der Waals surface area contributed by atoms with Gasteiger partial charge in [0, 0.05) is 13.6 Å². The van der Waals surface area contributed by atoms with E-state index >= 15 is 0 Å². The van der Waals surface area contributed by atoms with E-state index in [2.05, 4.69) is 32.5 Å². The van der Waals surface area contributed by atoms with Gasteiger partial charge in [-0.25, -0.2) is 4.98 Å². The Kier molecular flexibility index (Phi) is 4.69. The Balaban J connectivity index is 1.60. The quantitative estimate of drug-likeness (QED) is 0.562. The number of rotatable bonds is 2. The first-order chi connectivity index (χ1) is 13.8. The lowest BCUT2D eigenvalue weighted by Gasteiger charge is -2.38. The molecular weight excluding hydrogens is 372 g/mol. The summed E-state index contributed by atoms with van der Waals surface area (Å²) in [7, 11) is 1.86. The number of fused-ring (bicyclic) bond motifs is 1. The number of nitrogen functional groups attached to an aromatic ring is 1. The summed E-state index contributed by atoms with van der Waals surface area (Å²) in [6.07, 6.45) is 4.72. The molecule has 0 aromatic carbocycles. The van der Waals surface area contributed by atoms with Crippen LogP contribution in [0.15, 0.2) is 18.5 Å². The van der Waals surface area contributed by atoms with Crippen LogP contribution in [0.25, 0.3) is 10.9 Å². The van der Waals surface area contributed by atoms with Gasteiger partial charge in [-0.05, 0) is 31.7 Å². The Morgan fingerprint density at radius 2 is 2.10 bits per heavy atom. The summed E-state index contributed by atoms with van der Waals surface area (Å²) < 4.78 is 1.78. The normalized spacial score (nSPS) is 19.5. The molecule has 1 aliphatic heterocycles. The second kappa shape index (κ2) is 7.19. The third kappa shape index (κ3) is 3.41. The van der Waals surface area contributed by atoms with Crippen molar-refractivity contribution < 1.29 is 9.59 Å². The van der Waals surface area contributed by atoms with E-state index in [1.165, 1.54) is 12.4 Å². The zero-order chi connectivity index (χ0) is 20.7. The van der Waals surface area contributed by atoms with Crippen molar-refractivity contribution in [2.75, 3.05) is 17.6 Å². The van der Waals surface area contributed by atoms with Crippen LogP contribution in [0.5, 0.6) is 0 Å². The predicted molar refractivity (Wildman–Crippen MR) is 108 cm³/mol. The van der Waals surface area contributed by atoms with Crippen LogP contribution in [-0.4, -0.2) is 48.2 Å². The summed E-state index contributed by atoms with van der Waals surface area (Å²) in [5.41, 5.74) is 8.53. The number of aryl methyl sites for hydroxylation is 2. The van der Waals surface area contributed by atoms with Crippen LogP contribution in [-0.2, 0) is 16.6 Å². The van der Waals surface area contributed by atoms with Gasteiger partial charge in [0.15, 0.2) is 0 Å². The average Bonchev–Trinajstić information content (AvgIpc) is 3.30. The van der Waals surface area contributed by atoms with E-state index in [0.717, 1.165) is 24.2 Å². The van der Waals surface area contributed by atoms with Crippen LogP contribution in [0.4, 0.5) is 11.5 Å². The highest BCUT2D eigenvalue weighted by atomic mass is 16.2. The number of piperidine rings is 1. The first-order valence-electron chi connectivity index (χ1n) is 9.55. The molecule has 4 rings (SSSR count). The van der Waals surface area contributed by atoms with E-state index in [4.69, 9.17) is 5.73 Å². The first kappa shape index (κ1) is 18.9. The molecule has 4 N–H and O–H groups in total. The number of nitrogens with two attached hydrogens (primary N) is 1. The van der Waals surface area contributed by atoms with Gasteiger partial charge in [-0.2, -0.15) is 10.2 Å². The molecule has 1 aliphatic rings. The molecule has 1 fully saturated rings. The van der Waals surface area contributed by atoms with Gasteiger partial charge in [-0.3, -0.25) is 19.4 Å². The molecule has 10 heteroatoms. The number of pyridine rings is 1. The minimum atomic E-state index is -0.717. The van der Waals surface area contributed by atoms with Crippen molar-refractivity contribution in [2.45, 2.75) is 32.7 Å². The van der Waals surface area contributed by atoms with E-state index < -0.39 is 11.8 Å². The van der Waals surface area contributed by atoms with E-state index in [1.807, 2.05) is 20.0 Å². The minimum Gasteiger partial charge on any atom is -0.383 e. The lowest BCUT2D eigenvalue weighted by molar-refractivity contribution is -0.146. The zero-order valence-corrected chi connectivity index (χ0v) is 16.6. The molecule has 152 valence electrons. The molecule has 3 aromatic heterocycles. The number of aromatic amines is 1. The van der Waals surface area contributed by atoms with Crippen LogP contribution in [0.3, 0.4) is 0 Å². The summed E-state index contributed by atoms with van der Waals surface area (Å²) >= 11 is 0. The molecule has 0 radical (unpaired) electrons. The van der Waals surface area contributed by atoms with Gasteiger partial charge < -0.3 is 16.0 Å². The molecule has 4 heterocycles. The number of nitrogens with one attached hydrogen (secondary N) is 2. The van der Waals surface area contributed by atoms with Crippen LogP contribution in [0, 0.1) is 12.8 Å². The van der Waals surface area contributed by atoms with Crippen LogP contribution >= 0.6 is 0 Å². The van der Waals surface area contributed by atoms with Gasteiger partial charge in [-0.15, -0.1) is 0 Å². The molecule has 2 amide bonds. The van der Waals surface area contributed by atoms with Crippen LogP contribution < -0.4 is 11.1 Å². The molecule has 0 saturated carbocycles. The number of hydrogen-bond donors (Lipinski definition) is 3. The van der Waals surface area contributed by atoms with Gasteiger partial charge in [0.25, 0.3) is 0 Å². The van der Waals surface area contributed by atoms with Gasteiger partial charge >= 0.3 is 11.8 Å². The van der Waals surface area contributed by atoms with Crippen LogP contribution in [0.2, 0.25) is 0 Å². The molecule has 2 atom stereocenters. The maximum atomic E-state index is 13.1. The monoisotopic (exact) mass is 396 g/mol. The standard InChI is InChI=1S/C19H24N8O2/c1-10-4-5-14(15-6-11(2)25-26(15)3)27(9-10)19(29)18(28)23-13-8-21-17(20)12-7-22-24-16(12)13/h6-8,10,14H,4-5,9H2,1-3H3,(H2,20,21)(H,22,24)(H,23,28). The molecule has 0 spiro atoms.